The molecule has 0 aliphatic heterocycles. The predicted molar refractivity (Wildman–Crippen MR) is 120 cm³/mol. The highest BCUT2D eigenvalue weighted by molar-refractivity contribution is 6.35. The minimum atomic E-state index is -3.08. The van der Waals surface area contributed by atoms with Gasteiger partial charge in [0.25, 0.3) is 12.0 Å². The van der Waals surface area contributed by atoms with Gasteiger partial charge in [0.2, 0.25) is 5.95 Å². The number of nitrogen functional groups attached to an aromatic ring is 1. The molecule has 14 heteroatoms. The lowest BCUT2D eigenvalue weighted by atomic mass is 10.1. The number of aromatic nitrogens is 6. The molecule has 1 atom stereocenters. The monoisotopic (exact) mass is 501 g/mol. The Morgan fingerprint density at radius 2 is 2.03 bits per heavy atom. The number of nitrogens with two attached hydrogens (primary N) is 1. The molecular weight excluding hydrogens is 487 g/mol. The molecule has 4 aromatic rings. The second-order valence-electron chi connectivity index (χ2n) is 7.87. The van der Waals surface area contributed by atoms with E-state index < -0.39 is 41.0 Å². The number of fused-ring (bicyclic) bond motifs is 1. The van der Waals surface area contributed by atoms with Crippen LogP contribution < -0.4 is 16.6 Å². The van der Waals surface area contributed by atoms with Gasteiger partial charge in [0, 0.05) is 6.07 Å². The Labute approximate surface area is 199 Å². The molecule has 0 saturated heterocycles. The van der Waals surface area contributed by atoms with Crippen LogP contribution >= 0.6 is 11.6 Å². The highest BCUT2D eigenvalue weighted by Gasteiger charge is 2.38. The summed E-state index contributed by atoms with van der Waals surface area (Å²) in [4.78, 5) is 25.4. The third-order valence-corrected chi connectivity index (χ3v) is 5.93. The first-order valence-electron chi connectivity index (χ1n) is 10.3. The molecule has 1 aliphatic rings. The lowest BCUT2D eigenvalue weighted by Gasteiger charge is -2.23. The first-order valence-corrected chi connectivity index (χ1v) is 10.7. The van der Waals surface area contributed by atoms with Crippen molar-refractivity contribution < 1.29 is 13.2 Å². The van der Waals surface area contributed by atoms with Crippen LogP contribution in [0.3, 0.4) is 0 Å². The molecule has 4 N–H and O–H groups in total. The van der Waals surface area contributed by atoms with Crippen molar-refractivity contribution in [2.45, 2.75) is 25.3 Å². The molecule has 0 radical (unpaired) electrons. The maximum Gasteiger partial charge on any atom is 0.281 e. The Balaban J connectivity index is 1.76. The van der Waals surface area contributed by atoms with Crippen LogP contribution in [-0.4, -0.2) is 29.7 Å². The van der Waals surface area contributed by atoms with Gasteiger partial charge in [-0.1, -0.05) is 11.6 Å². The number of benzene rings is 1. The summed E-state index contributed by atoms with van der Waals surface area (Å²) in [5.74, 6) is -1.33. The molecule has 1 aromatic carbocycles. The number of hydrogen-bond acceptors (Lipinski definition) is 8. The molecule has 0 spiro atoms. The first-order chi connectivity index (χ1) is 16.8. The van der Waals surface area contributed by atoms with Crippen LogP contribution in [0.15, 0.2) is 29.2 Å². The van der Waals surface area contributed by atoms with Crippen LogP contribution in [0, 0.1) is 23.1 Å². The number of H-pyrrole nitrogens is 1. The van der Waals surface area contributed by atoms with E-state index in [0.717, 1.165) is 6.07 Å². The molecule has 0 bridgehead atoms. The van der Waals surface area contributed by atoms with Gasteiger partial charge in [-0.3, -0.25) is 9.89 Å². The fourth-order valence-corrected chi connectivity index (χ4v) is 4.12. The lowest BCUT2D eigenvalue weighted by molar-refractivity contribution is 0.146. The van der Waals surface area contributed by atoms with Crippen molar-refractivity contribution in [3.05, 3.63) is 62.7 Å². The fourth-order valence-electron chi connectivity index (χ4n) is 3.89. The van der Waals surface area contributed by atoms with Crippen LogP contribution in [-0.2, 0) is 0 Å². The highest BCUT2D eigenvalue weighted by atomic mass is 35.5. The number of rotatable bonds is 6. The normalized spacial score (nSPS) is 14.3. The molecule has 35 heavy (non-hydrogen) atoms. The number of alkyl halides is 2. The van der Waals surface area contributed by atoms with E-state index in [4.69, 9.17) is 17.3 Å². The Hall–Kier alpha value is -4.18. The van der Waals surface area contributed by atoms with Crippen LogP contribution in [0.25, 0.3) is 16.7 Å². The van der Waals surface area contributed by atoms with Crippen LogP contribution in [0.5, 0.6) is 0 Å². The third-order valence-electron chi connectivity index (χ3n) is 5.61. The van der Waals surface area contributed by atoms with Crippen LogP contribution in [0.4, 0.5) is 24.9 Å². The Kier molecular flexibility index (Phi) is 5.52. The first kappa shape index (κ1) is 22.6. The maximum absolute atomic E-state index is 14.7. The molecule has 1 aliphatic carbocycles. The van der Waals surface area contributed by atoms with Gasteiger partial charge in [-0.15, -0.1) is 0 Å². The van der Waals surface area contributed by atoms with Gasteiger partial charge in [-0.25, -0.2) is 27.7 Å². The summed E-state index contributed by atoms with van der Waals surface area (Å²) < 4.78 is 43.0. The standard InChI is InChI=1S/C21H15ClF3N9O/c22-10-3-4-11(23)16-13(10)20(35)34(12-5-6-28-33-12)19(30-16)14(8-1-2-8)29-18-9(7-26)15(17(24)25)31-21(27)32-18/h3-6,8,14,17H,1-2H2,(H,28,33)(H3,27,29,31,32)/t14-/m0/s1. The van der Waals surface area contributed by atoms with Crippen molar-refractivity contribution in [3.63, 3.8) is 0 Å². The van der Waals surface area contributed by atoms with Crippen LogP contribution in [0.1, 0.15) is 42.4 Å². The zero-order chi connectivity index (χ0) is 24.9. The van der Waals surface area contributed by atoms with E-state index in [0.29, 0.717) is 12.8 Å². The number of nitriles is 1. The van der Waals surface area contributed by atoms with E-state index in [1.165, 1.54) is 22.9 Å². The molecule has 0 amide bonds. The summed E-state index contributed by atoms with van der Waals surface area (Å²) in [6.07, 6.45) is -0.280. The van der Waals surface area contributed by atoms with E-state index >= 15 is 0 Å². The molecule has 1 saturated carbocycles. The van der Waals surface area contributed by atoms with E-state index in [1.54, 1.807) is 6.07 Å². The molecular formula is C21H15ClF3N9O. The fraction of sp³-hybridized carbons (Fsp3) is 0.238. The minimum absolute atomic E-state index is 0.00608. The zero-order valence-corrected chi connectivity index (χ0v) is 18.4. The molecule has 10 nitrogen and oxygen atoms in total. The van der Waals surface area contributed by atoms with Crippen LogP contribution in [0.2, 0.25) is 5.02 Å². The van der Waals surface area contributed by atoms with E-state index in [9.17, 15) is 23.2 Å². The smallest absolute Gasteiger partial charge is 0.281 e. The highest BCUT2D eigenvalue weighted by Crippen LogP contribution is 2.43. The number of nitrogens with zero attached hydrogens (tertiary/aromatic N) is 6. The van der Waals surface area contributed by atoms with Crippen molar-refractivity contribution in [1.82, 2.24) is 29.7 Å². The molecule has 0 unspecified atom stereocenters. The van der Waals surface area contributed by atoms with E-state index in [1.807, 2.05) is 0 Å². The van der Waals surface area contributed by atoms with Crippen molar-refractivity contribution >= 4 is 34.3 Å². The third kappa shape index (κ3) is 3.91. The molecule has 1 fully saturated rings. The largest absolute Gasteiger partial charge is 0.368 e. The summed E-state index contributed by atoms with van der Waals surface area (Å²) in [6, 6.07) is 4.70. The van der Waals surface area contributed by atoms with Gasteiger partial charge < -0.3 is 11.1 Å². The molecule has 3 aromatic heterocycles. The van der Waals surface area contributed by atoms with Gasteiger partial charge in [-0.05, 0) is 30.9 Å². The van der Waals surface area contributed by atoms with Crippen molar-refractivity contribution in [1.29, 1.82) is 5.26 Å². The Bertz CT molecular complexity index is 1540. The number of hydrogen-bond donors (Lipinski definition) is 3. The maximum atomic E-state index is 14.7. The van der Waals surface area contributed by atoms with E-state index in [-0.39, 0.29) is 39.3 Å². The van der Waals surface area contributed by atoms with Gasteiger partial charge in [0.05, 0.1) is 22.6 Å². The van der Waals surface area contributed by atoms with E-state index in [2.05, 4.69) is 30.5 Å². The summed E-state index contributed by atoms with van der Waals surface area (Å²) >= 11 is 6.21. The number of anilines is 2. The van der Waals surface area contributed by atoms with Crippen molar-refractivity contribution in [2.24, 2.45) is 5.92 Å². The van der Waals surface area contributed by atoms with Gasteiger partial charge in [-0.2, -0.15) is 15.3 Å². The summed E-state index contributed by atoms with van der Waals surface area (Å²) in [7, 11) is 0. The quantitative estimate of drug-likeness (QED) is 0.362. The average Bonchev–Trinajstić information content (AvgIpc) is 3.52. The Morgan fingerprint density at radius 1 is 1.26 bits per heavy atom. The number of aromatic amines is 1. The number of nitrogens with one attached hydrogen (secondary N) is 2. The van der Waals surface area contributed by atoms with Gasteiger partial charge >= 0.3 is 0 Å². The minimum Gasteiger partial charge on any atom is -0.368 e. The lowest BCUT2D eigenvalue weighted by Crippen LogP contribution is -2.30. The summed E-state index contributed by atoms with van der Waals surface area (Å²) in [5, 5.41) is 18.9. The summed E-state index contributed by atoms with van der Waals surface area (Å²) in [5.41, 5.74) is 3.38. The molecule has 178 valence electrons. The number of halogens is 4. The molecule has 5 rings (SSSR count). The zero-order valence-electron chi connectivity index (χ0n) is 17.6. The second kappa shape index (κ2) is 8.55. The summed E-state index contributed by atoms with van der Waals surface area (Å²) in [6.45, 7) is 0. The molecule has 3 heterocycles. The predicted octanol–water partition coefficient (Wildman–Crippen LogP) is 3.65. The topological polar surface area (TPSA) is 151 Å². The van der Waals surface area contributed by atoms with Crippen molar-refractivity contribution in [3.8, 4) is 11.9 Å². The van der Waals surface area contributed by atoms with Gasteiger partial charge in [0.1, 0.15) is 40.3 Å². The van der Waals surface area contributed by atoms with Gasteiger partial charge in [0.15, 0.2) is 5.82 Å². The average molecular weight is 502 g/mol. The SMILES string of the molecule is N#Cc1c(N[C@H](c2nc3c(F)ccc(Cl)c3c(=O)n2-c2ccn[nH]2)C2CC2)nc(N)nc1C(F)F. The van der Waals surface area contributed by atoms with Crippen molar-refractivity contribution in [2.75, 3.05) is 11.1 Å². The second-order valence-corrected chi connectivity index (χ2v) is 8.28. The Morgan fingerprint density at radius 3 is 2.66 bits per heavy atom.